The standard InChI is InChI=1S/C20H40N2O8/c1-10(2)21(11(3)4)18(22(12(5)6)13(7)8)20(29)30-9-14(23)15(24)16(25)17(26)19(27)28/h10-18,23-26H,9H2,1-8H3,(H,27,28)/t14-,15-,16+,17+/m1/s1. The van der Waals surface area contributed by atoms with Crippen LogP contribution < -0.4 is 0 Å². The first-order chi connectivity index (χ1) is 13.6. The van der Waals surface area contributed by atoms with Gasteiger partial charge in [0.15, 0.2) is 12.3 Å². The largest absolute Gasteiger partial charge is 0.479 e. The average Bonchev–Trinajstić information content (AvgIpc) is 2.61. The molecule has 0 spiro atoms. The van der Waals surface area contributed by atoms with Gasteiger partial charge in [-0.15, -0.1) is 0 Å². The average molecular weight is 437 g/mol. The number of hydrogen-bond donors (Lipinski definition) is 5. The van der Waals surface area contributed by atoms with Crippen molar-refractivity contribution in [1.29, 1.82) is 0 Å². The van der Waals surface area contributed by atoms with E-state index in [2.05, 4.69) is 0 Å². The quantitative estimate of drug-likeness (QED) is 0.191. The molecule has 0 rings (SSSR count). The van der Waals surface area contributed by atoms with E-state index in [0.717, 1.165) is 0 Å². The Bertz CT molecular complexity index is 505. The third kappa shape index (κ3) is 7.75. The maximum absolute atomic E-state index is 13.1. The zero-order chi connectivity index (χ0) is 23.9. The number of carbonyl (C=O) groups is 2. The molecule has 0 amide bonds. The maximum Gasteiger partial charge on any atom is 0.338 e. The Morgan fingerprint density at radius 3 is 1.40 bits per heavy atom. The molecule has 0 aliphatic heterocycles. The summed E-state index contributed by atoms with van der Waals surface area (Å²) in [6.45, 7) is 15.0. The fourth-order valence-electron chi connectivity index (χ4n) is 3.62. The second-order valence-electron chi connectivity index (χ2n) is 8.60. The Morgan fingerprint density at radius 1 is 0.733 bits per heavy atom. The summed E-state index contributed by atoms with van der Waals surface area (Å²) in [6, 6.07) is 0.0207. The van der Waals surface area contributed by atoms with Gasteiger partial charge in [-0.25, -0.2) is 9.59 Å². The van der Waals surface area contributed by atoms with Gasteiger partial charge in [-0.2, -0.15) is 0 Å². The first kappa shape index (κ1) is 28.7. The lowest BCUT2D eigenvalue weighted by Crippen LogP contribution is -2.62. The normalized spacial score (nSPS) is 16.8. The van der Waals surface area contributed by atoms with E-state index in [1.54, 1.807) is 0 Å². The molecule has 0 bridgehead atoms. The number of aliphatic hydroxyl groups is 4. The molecular weight excluding hydrogens is 396 g/mol. The zero-order valence-corrected chi connectivity index (χ0v) is 19.3. The fourth-order valence-corrected chi connectivity index (χ4v) is 3.62. The van der Waals surface area contributed by atoms with Gasteiger partial charge in [0.25, 0.3) is 0 Å². The van der Waals surface area contributed by atoms with Crippen LogP contribution >= 0.6 is 0 Å². The highest BCUT2D eigenvalue weighted by Crippen LogP contribution is 2.21. The number of hydrogen-bond acceptors (Lipinski definition) is 9. The second kappa shape index (κ2) is 12.5. The molecule has 0 saturated carbocycles. The molecule has 4 atom stereocenters. The zero-order valence-electron chi connectivity index (χ0n) is 19.3. The topological polar surface area (TPSA) is 151 Å². The van der Waals surface area contributed by atoms with Crippen LogP contribution in [0.25, 0.3) is 0 Å². The number of aliphatic hydroxyl groups excluding tert-OH is 4. The van der Waals surface area contributed by atoms with Crippen molar-refractivity contribution in [2.45, 2.75) is 110 Å². The molecule has 178 valence electrons. The molecule has 0 radical (unpaired) electrons. The van der Waals surface area contributed by atoms with Crippen LogP contribution in [0.5, 0.6) is 0 Å². The smallest absolute Gasteiger partial charge is 0.338 e. The van der Waals surface area contributed by atoms with Gasteiger partial charge < -0.3 is 30.3 Å². The summed E-state index contributed by atoms with van der Waals surface area (Å²) in [7, 11) is 0. The molecule has 0 heterocycles. The highest BCUT2D eigenvalue weighted by atomic mass is 16.5. The van der Waals surface area contributed by atoms with E-state index in [1.165, 1.54) is 0 Å². The monoisotopic (exact) mass is 436 g/mol. The van der Waals surface area contributed by atoms with Gasteiger partial charge in [-0.3, -0.25) is 9.80 Å². The van der Waals surface area contributed by atoms with E-state index in [4.69, 9.17) is 9.84 Å². The van der Waals surface area contributed by atoms with Crippen molar-refractivity contribution < 1.29 is 39.9 Å². The molecule has 0 unspecified atom stereocenters. The Balaban J connectivity index is 5.55. The SMILES string of the molecule is CC(C)N(C(C)C)C(C(=O)OC[C@@H](O)[C@@H](O)[C@H](O)[C@H](O)C(=O)O)N(C(C)C)C(C)C. The lowest BCUT2D eigenvalue weighted by molar-refractivity contribution is -0.177. The van der Waals surface area contributed by atoms with E-state index >= 15 is 0 Å². The van der Waals surface area contributed by atoms with Crippen LogP contribution in [0.15, 0.2) is 0 Å². The Kier molecular flexibility index (Phi) is 12.0. The number of aliphatic carboxylic acids is 1. The molecule has 0 aromatic carbocycles. The van der Waals surface area contributed by atoms with Crippen molar-refractivity contribution in [2.75, 3.05) is 6.61 Å². The summed E-state index contributed by atoms with van der Waals surface area (Å²) in [5, 5.41) is 47.6. The first-order valence-electron chi connectivity index (χ1n) is 10.3. The molecule has 10 heteroatoms. The van der Waals surface area contributed by atoms with Crippen molar-refractivity contribution in [3.63, 3.8) is 0 Å². The van der Waals surface area contributed by atoms with Gasteiger partial charge in [0.2, 0.25) is 0 Å². The van der Waals surface area contributed by atoms with Crippen LogP contribution in [-0.2, 0) is 14.3 Å². The molecule has 0 fully saturated rings. The van der Waals surface area contributed by atoms with Gasteiger partial charge in [-0.05, 0) is 55.4 Å². The van der Waals surface area contributed by atoms with E-state index in [1.807, 2.05) is 65.2 Å². The Hall–Kier alpha value is -1.30. The summed E-state index contributed by atoms with van der Waals surface area (Å²) >= 11 is 0. The van der Waals surface area contributed by atoms with Gasteiger partial charge in [0.1, 0.15) is 24.9 Å². The molecular formula is C20H40N2O8. The van der Waals surface area contributed by atoms with Crippen molar-refractivity contribution in [2.24, 2.45) is 0 Å². The van der Waals surface area contributed by atoms with Crippen LogP contribution in [0.4, 0.5) is 0 Å². The molecule has 0 saturated heterocycles. The van der Waals surface area contributed by atoms with Gasteiger partial charge in [0, 0.05) is 24.2 Å². The summed E-state index contributed by atoms with van der Waals surface area (Å²) in [5.74, 6) is -2.39. The van der Waals surface area contributed by atoms with E-state index in [9.17, 15) is 30.0 Å². The number of rotatable bonds is 13. The molecule has 30 heavy (non-hydrogen) atoms. The van der Waals surface area contributed by atoms with Crippen LogP contribution in [0.1, 0.15) is 55.4 Å². The number of ether oxygens (including phenoxy) is 1. The summed E-state index contributed by atoms with van der Waals surface area (Å²) < 4.78 is 5.27. The van der Waals surface area contributed by atoms with Crippen molar-refractivity contribution in [3.05, 3.63) is 0 Å². The molecule has 0 aliphatic rings. The summed E-state index contributed by atoms with van der Waals surface area (Å²) in [6.07, 6.45) is -8.98. The Morgan fingerprint density at radius 2 is 1.10 bits per heavy atom. The third-order valence-electron chi connectivity index (χ3n) is 4.88. The van der Waals surface area contributed by atoms with Gasteiger partial charge >= 0.3 is 11.9 Å². The highest BCUT2D eigenvalue weighted by molar-refractivity contribution is 5.75. The molecule has 0 aromatic heterocycles. The van der Waals surface area contributed by atoms with E-state index in [-0.39, 0.29) is 24.2 Å². The Labute approximate surface area is 179 Å². The van der Waals surface area contributed by atoms with Gasteiger partial charge in [0.05, 0.1) is 0 Å². The third-order valence-corrected chi connectivity index (χ3v) is 4.88. The number of carboxylic acid groups (broad SMARTS) is 1. The summed E-state index contributed by atoms with van der Waals surface area (Å²) in [5.41, 5.74) is 0. The number of nitrogens with zero attached hydrogens (tertiary/aromatic N) is 2. The minimum Gasteiger partial charge on any atom is -0.479 e. The van der Waals surface area contributed by atoms with Crippen molar-refractivity contribution >= 4 is 11.9 Å². The number of carbonyl (C=O) groups excluding carboxylic acids is 1. The minimum atomic E-state index is -2.28. The number of esters is 1. The van der Waals surface area contributed by atoms with Crippen LogP contribution in [0, 0.1) is 0 Å². The van der Waals surface area contributed by atoms with E-state index < -0.39 is 49.1 Å². The second-order valence-corrected chi connectivity index (χ2v) is 8.60. The molecule has 5 N–H and O–H groups in total. The molecule has 0 aromatic rings. The van der Waals surface area contributed by atoms with Crippen molar-refractivity contribution in [1.82, 2.24) is 9.80 Å². The van der Waals surface area contributed by atoms with E-state index in [0.29, 0.717) is 0 Å². The minimum absolute atomic E-state index is 0.00518. The fraction of sp³-hybridized carbons (Fsp3) is 0.900. The first-order valence-corrected chi connectivity index (χ1v) is 10.3. The maximum atomic E-state index is 13.1. The van der Waals surface area contributed by atoms with Crippen molar-refractivity contribution in [3.8, 4) is 0 Å². The predicted molar refractivity (Wildman–Crippen MR) is 111 cm³/mol. The van der Waals surface area contributed by atoms with Crippen LogP contribution in [0.2, 0.25) is 0 Å². The lowest BCUT2D eigenvalue weighted by atomic mass is 10.0. The predicted octanol–water partition coefficient (Wildman–Crippen LogP) is -0.378. The molecule has 0 aliphatic carbocycles. The van der Waals surface area contributed by atoms with Gasteiger partial charge in [-0.1, -0.05) is 0 Å². The van der Waals surface area contributed by atoms with Crippen LogP contribution in [0.3, 0.4) is 0 Å². The number of carboxylic acids is 1. The summed E-state index contributed by atoms with van der Waals surface area (Å²) in [4.78, 5) is 27.8. The lowest BCUT2D eigenvalue weighted by Gasteiger charge is -2.46. The highest BCUT2D eigenvalue weighted by Gasteiger charge is 2.40. The molecule has 10 nitrogen and oxygen atoms in total. The van der Waals surface area contributed by atoms with Crippen LogP contribution in [-0.4, -0.2) is 109 Å².